The third-order valence-electron chi connectivity index (χ3n) is 2.92. The van der Waals surface area contributed by atoms with Gasteiger partial charge in [-0.3, -0.25) is 0 Å². The zero-order valence-electron chi connectivity index (χ0n) is 11.2. The van der Waals surface area contributed by atoms with Crippen LogP contribution in [0, 0.1) is 0 Å². The van der Waals surface area contributed by atoms with Crippen molar-refractivity contribution in [2.24, 2.45) is 5.73 Å². The number of primary amides is 1. The number of hydrogen-bond acceptors (Lipinski definition) is 6. The molecule has 0 radical (unpaired) electrons. The van der Waals surface area contributed by atoms with Gasteiger partial charge in [-0.15, -0.1) is 11.3 Å². The van der Waals surface area contributed by atoms with E-state index in [4.69, 9.17) is 17.3 Å². The minimum atomic E-state index is -1.15. The van der Waals surface area contributed by atoms with Gasteiger partial charge in [0.15, 0.2) is 0 Å². The Morgan fingerprint density at radius 1 is 1.35 bits per heavy atom. The molecule has 6 nitrogen and oxygen atoms in total. The maximum atomic E-state index is 12.0. The third kappa shape index (κ3) is 3.19. The van der Waals surface area contributed by atoms with Crippen molar-refractivity contribution in [2.75, 3.05) is 0 Å². The minimum absolute atomic E-state index is 0.119. The molecule has 0 spiro atoms. The van der Waals surface area contributed by atoms with Crippen molar-refractivity contribution in [3.05, 3.63) is 45.8 Å². The summed E-state index contributed by atoms with van der Waals surface area (Å²) < 4.78 is 5.96. The van der Waals surface area contributed by atoms with Crippen molar-refractivity contribution in [3.8, 4) is 10.6 Å². The Kier molecular flexibility index (Phi) is 4.29. The van der Waals surface area contributed by atoms with Gasteiger partial charge in [0.05, 0.1) is 20.6 Å². The molecule has 2 N–H and O–H groups in total. The zero-order valence-corrected chi connectivity index (χ0v) is 14.4. The summed E-state index contributed by atoms with van der Waals surface area (Å²) in [6.07, 6.45) is 0.407. The molecule has 23 heavy (non-hydrogen) atoms. The van der Waals surface area contributed by atoms with E-state index < -0.39 is 12.1 Å². The molecule has 1 amide bonds. The van der Waals surface area contributed by atoms with E-state index in [1.54, 1.807) is 24.4 Å². The SMILES string of the molecule is NC(=O)OC(=O)c1cccc2sc(-c3nc(Cl)ncc3Br)cc12. The summed E-state index contributed by atoms with van der Waals surface area (Å²) in [4.78, 5) is 31.6. The number of thiophene rings is 1. The van der Waals surface area contributed by atoms with Gasteiger partial charge in [0.25, 0.3) is 0 Å². The van der Waals surface area contributed by atoms with Crippen molar-refractivity contribution >= 4 is 61.0 Å². The summed E-state index contributed by atoms with van der Waals surface area (Å²) in [5, 5.41) is 0.759. The molecule has 0 aliphatic rings. The highest BCUT2D eigenvalue weighted by Crippen LogP contribution is 2.37. The highest BCUT2D eigenvalue weighted by Gasteiger charge is 2.17. The van der Waals surface area contributed by atoms with E-state index in [1.807, 2.05) is 6.07 Å². The number of halogens is 2. The maximum absolute atomic E-state index is 12.0. The topological polar surface area (TPSA) is 95.2 Å². The van der Waals surface area contributed by atoms with Gasteiger partial charge in [-0.25, -0.2) is 19.6 Å². The van der Waals surface area contributed by atoms with Gasteiger partial charge in [0, 0.05) is 16.3 Å². The predicted octanol–water partition coefficient (Wildman–Crippen LogP) is 4.01. The largest absolute Gasteiger partial charge is 0.412 e. The van der Waals surface area contributed by atoms with Crippen molar-refractivity contribution < 1.29 is 14.3 Å². The fourth-order valence-electron chi connectivity index (χ4n) is 2.02. The molecule has 9 heteroatoms. The monoisotopic (exact) mass is 411 g/mol. The number of carbonyl (C=O) groups excluding carboxylic acids is 2. The van der Waals surface area contributed by atoms with Gasteiger partial charge in [0.2, 0.25) is 5.28 Å². The molecule has 0 unspecified atom stereocenters. The summed E-state index contributed by atoms with van der Waals surface area (Å²) in [7, 11) is 0. The predicted molar refractivity (Wildman–Crippen MR) is 90.6 cm³/mol. The second kappa shape index (κ2) is 6.23. The van der Waals surface area contributed by atoms with Crippen LogP contribution in [0.1, 0.15) is 10.4 Å². The molecule has 3 aromatic rings. The number of ether oxygens (including phenoxy) is 1. The van der Waals surface area contributed by atoms with Crippen molar-refractivity contribution in [2.45, 2.75) is 0 Å². The lowest BCUT2D eigenvalue weighted by molar-refractivity contribution is 0.0640. The number of benzene rings is 1. The van der Waals surface area contributed by atoms with E-state index >= 15 is 0 Å². The number of aromatic nitrogens is 2. The average Bonchev–Trinajstić information content (AvgIpc) is 2.92. The summed E-state index contributed by atoms with van der Waals surface area (Å²) in [5.41, 5.74) is 5.75. The molecule has 0 atom stereocenters. The summed E-state index contributed by atoms with van der Waals surface area (Å²) in [5.74, 6) is -0.799. The maximum Gasteiger partial charge on any atom is 0.412 e. The second-order valence-corrected chi connectivity index (χ2v) is 6.65. The fraction of sp³-hybridized carbons (Fsp3) is 0. The van der Waals surface area contributed by atoms with Crippen molar-refractivity contribution in [1.82, 2.24) is 9.97 Å². The van der Waals surface area contributed by atoms with Crippen molar-refractivity contribution in [1.29, 1.82) is 0 Å². The Morgan fingerprint density at radius 3 is 2.87 bits per heavy atom. The molecule has 2 heterocycles. The number of nitrogens with zero attached hydrogens (tertiary/aromatic N) is 2. The van der Waals surface area contributed by atoms with E-state index in [2.05, 4.69) is 30.6 Å². The zero-order chi connectivity index (χ0) is 16.6. The normalized spacial score (nSPS) is 10.7. The van der Waals surface area contributed by atoms with Gasteiger partial charge >= 0.3 is 12.1 Å². The molecule has 0 fully saturated rings. The number of carbonyl (C=O) groups is 2. The molecule has 2 aromatic heterocycles. The standard InChI is InChI=1S/C14H7BrClN3O3S/c15-8-5-18-13(16)19-11(8)10-4-7-6(12(20)22-14(17)21)2-1-3-9(7)23-10/h1-5H,(H2,17,21). The molecule has 0 saturated carbocycles. The van der Waals surface area contributed by atoms with Crippen LogP contribution in [0.4, 0.5) is 4.79 Å². The number of amides is 1. The number of rotatable bonds is 2. The molecular weight excluding hydrogens is 406 g/mol. The second-order valence-electron chi connectivity index (χ2n) is 4.37. The quantitative estimate of drug-likeness (QED) is 0.390. The third-order valence-corrected chi connectivity index (χ3v) is 4.79. The van der Waals surface area contributed by atoms with E-state index in [0.29, 0.717) is 15.6 Å². The van der Waals surface area contributed by atoms with E-state index in [1.165, 1.54) is 11.3 Å². The van der Waals surface area contributed by atoms with Crippen LogP contribution >= 0.6 is 38.9 Å². The first kappa shape index (κ1) is 15.9. The molecule has 0 saturated heterocycles. The first-order valence-corrected chi connectivity index (χ1v) is 8.17. The Labute approximate surface area is 147 Å². The Balaban J connectivity index is 2.14. The van der Waals surface area contributed by atoms with Crippen LogP contribution in [-0.2, 0) is 4.74 Å². The van der Waals surface area contributed by atoms with Gasteiger partial charge in [-0.05, 0) is 45.7 Å². The Hall–Kier alpha value is -2.03. The summed E-state index contributed by atoms with van der Waals surface area (Å²) in [6, 6.07) is 6.89. The van der Waals surface area contributed by atoms with Gasteiger partial charge in [-0.2, -0.15) is 0 Å². The molecule has 116 valence electrons. The highest BCUT2D eigenvalue weighted by molar-refractivity contribution is 9.10. The van der Waals surface area contributed by atoms with Crippen LogP contribution in [0.5, 0.6) is 0 Å². The minimum Gasteiger partial charge on any atom is -0.373 e. The fourth-order valence-corrected chi connectivity index (χ4v) is 3.78. The lowest BCUT2D eigenvalue weighted by atomic mass is 10.1. The van der Waals surface area contributed by atoms with Crippen LogP contribution in [0.25, 0.3) is 20.7 Å². The van der Waals surface area contributed by atoms with Crippen LogP contribution < -0.4 is 5.73 Å². The summed E-state index contributed by atoms with van der Waals surface area (Å²) in [6.45, 7) is 0. The van der Waals surface area contributed by atoms with Gasteiger partial charge in [0.1, 0.15) is 0 Å². The number of hydrogen-bond donors (Lipinski definition) is 1. The molecular formula is C14H7BrClN3O3S. The number of fused-ring (bicyclic) bond motifs is 1. The van der Waals surface area contributed by atoms with Gasteiger partial charge in [-0.1, -0.05) is 6.07 Å². The van der Waals surface area contributed by atoms with Crippen LogP contribution in [0.2, 0.25) is 5.28 Å². The highest BCUT2D eigenvalue weighted by atomic mass is 79.9. The lowest BCUT2D eigenvalue weighted by Crippen LogP contribution is -2.18. The van der Waals surface area contributed by atoms with Crippen LogP contribution in [-0.4, -0.2) is 22.0 Å². The van der Waals surface area contributed by atoms with Crippen LogP contribution in [0.15, 0.2) is 34.9 Å². The molecule has 1 aromatic carbocycles. The van der Waals surface area contributed by atoms with Crippen molar-refractivity contribution in [3.63, 3.8) is 0 Å². The van der Waals surface area contributed by atoms with E-state index in [9.17, 15) is 9.59 Å². The summed E-state index contributed by atoms with van der Waals surface area (Å²) >= 11 is 10.6. The first-order valence-electron chi connectivity index (χ1n) is 6.18. The van der Waals surface area contributed by atoms with E-state index in [-0.39, 0.29) is 10.8 Å². The number of esters is 1. The molecule has 0 aliphatic heterocycles. The molecule has 3 rings (SSSR count). The Morgan fingerprint density at radius 2 is 2.13 bits per heavy atom. The molecule has 0 aliphatic carbocycles. The number of nitrogens with two attached hydrogens (primary N) is 1. The first-order chi connectivity index (χ1) is 11.0. The van der Waals surface area contributed by atoms with E-state index in [0.717, 1.165) is 9.58 Å². The lowest BCUT2D eigenvalue weighted by Gasteiger charge is -2.01. The molecule has 0 bridgehead atoms. The Bertz CT molecular complexity index is 944. The van der Waals surface area contributed by atoms with Crippen LogP contribution in [0.3, 0.4) is 0 Å². The van der Waals surface area contributed by atoms with Gasteiger partial charge < -0.3 is 10.5 Å². The smallest absolute Gasteiger partial charge is 0.373 e. The average molecular weight is 413 g/mol.